The van der Waals surface area contributed by atoms with Crippen LogP contribution in [0.25, 0.3) is 43.1 Å². The smallest absolute Gasteiger partial charge is 0.274 e. The minimum absolute atomic E-state index is 0.0820. The molecule has 5 rings (SSSR count). The number of rotatable bonds is 2. The first-order valence-corrected chi connectivity index (χ1v) is 9.43. The summed E-state index contributed by atoms with van der Waals surface area (Å²) in [5.41, 5.74) is 2.83. The van der Waals surface area contributed by atoms with E-state index >= 15 is 0 Å². The lowest BCUT2D eigenvalue weighted by Crippen LogP contribution is -2.20. The van der Waals surface area contributed by atoms with Crippen molar-refractivity contribution in [2.75, 3.05) is 0 Å². The largest absolute Gasteiger partial charge is 0.326 e. The molecule has 2 aromatic carbocycles. The Hall–Kier alpha value is -3.25. The molecule has 3 aromatic heterocycles. The van der Waals surface area contributed by atoms with Crippen LogP contribution in [0, 0.1) is 0 Å². The number of aryl methyl sites for hydroxylation is 2. The van der Waals surface area contributed by atoms with Gasteiger partial charge in [-0.3, -0.25) is 4.79 Å². The van der Waals surface area contributed by atoms with Gasteiger partial charge in [0.15, 0.2) is 5.82 Å². The third-order valence-corrected chi connectivity index (χ3v) is 5.89. The molecule has 0 spiro atoms. The Morgan fingerprint density at radius 3 is 2.37 bits per heavy atom. The third kappa shape index (κ3) is 2.41. The van der Waals surface area contributed by atoms with Crippen molar-refractivity contribution in [3.05, 3.63) is 71.0 Å². The first-order valence-electron chi connectivity index (χ1n) is 8.61. The fourth-order valence-electron chi connectivity index (χ4n) is 3.43. The number of fused-ring (bicyclic) bond motifs is 2. The molecular formula is C21H16N4OS. The molecule has 0 N–H and O–H groups in total. The molecule has 0 aliphatic rings. The third-order valence-electron chi connectivity index (χ3n) is 4.80. The van der Waals surface area contributed by atoms with Gasteiger partial charge in [0.2, 0.25) is 0 Å². The van der Waals surface area contributed by atoms with Crippen LogP contribution in [0.1, 0.15) is 0 Å². The van der Waals surface area contributed by atoms with Gasteiger partial charge in [-0.05, 0) is 30.3 Å². The summed E-state index contributed by atoms with van der Waals surface area (Å²) in [6.07, 6.45) is 0. The zero-order chi connectivity index (χ0) is 18.5. The van der Waals surface area contributed by atoms with Gasteiger partial charge in [-0.2, -0.15) is 5.10 Å². The van der Waals surface area contributed by atoms with E-state index in [2.05, 4.69) is 27.9 Å². The second-order valence-corrected chi connectivity index (χ2v) is 7.55. The Kier molecular flexibility index (Phi) is 3.48. The van der Waals surface area contributed by atoms with Crippen LogP contribution in [-0.2, 0) is 14.1 Å². The Morgan fingerprint density at radius 2 is 1.56 bits per heavy atom. The number of para-hydroxylation sites is 2. The van der Waals surface area contributed by atoms with E-state index in [0.717, 1.165) is 37.7 Å². The second kappa shape index (κ2) is 5.89. The van der Waals surface area contributed by atoms with Gasteiger partial charge in [0.05, 0.1) is 26.2 Å². The lowest BCUT2D eigenvalue weighted by molar-refractivity contribution is 0.723. The molecular weight excluding hydrogens is 356 g/mol. The van der Waals surface area contributed by atoms with E-state index < -0.39 is 0 Å². The molecule has 0 saturated carbocycles. The van der Waals surface area contributed by atoms with E-state index in [0.29, 0.717) is 5.39 Å². The summed E-state index contributed by atoms with van der Waals surface area (Å²) < 4.78 is 3.52. The maximum Gasteiger partial charge on any atom is 0.274 e. The number of thiophene rings is 1. The lowest BCUT2D eigenvalue weighted by atomic mass is 10.1. The SMILES string of the molecule is Cn1nc(-c2ccc(-c3nc4ccccc4n3C)s2)c2ccccc2c1=O. The fraction of sp³-hybridized carbons (Fsp3) is 0.0952. The van der Waals surface area contributed by atoms with E-state index in [4.69, 9.17) is 4.98 Å². The summed E-state index contributed by atoms with van der Waals surface area (Å²) in [6.45, 7) is 0. The van der Waals surface area contributed by atoms with Crippen LogP contribution in [0.3, 0.4) is 0 Å². The lowest BCUT2D eigenvalue weighted by Gasteiger charge is -2.06. The molecule has 0 fully saturated rings. The van der Waals surface area contributed by atoms with Crippen LogP contribution in [0.5, 0.6) is 0 Å². The van der Waals surface area contributed by atoms with Crippen LogP contribution in [0.4, 0.5) is 0 Å². The Balaban J connectivity index is 1.70. The highest BCUT2D eigenvalue weighted by Gasteiger charge is 2.16. The van der Waals surface area contributed by atoms with Gasteiger partial charge in [-0.15, -0.1) is 11.3 Å². The first-order chi connectivity index (χ1) is 13.1. The van der Waals surface area contributed by atoms with E-state index in [9.17, 15) is 4.79 Å². The normalized spacial score (nSPS) is 11.5. The number of aromatic nitrogens is 4. The number of nitrogens with zero attached hydrogens (tertiary/aromatic N) is 4. The van der Waals surface area contributed by atoms with Crippen molar-refractivity contribution >= 4 is 33.1 Å². The van der Waals surface area contributed by atoms with Gasteiger partial charge < -0.3 is 4.57 Å². The molecule has 0 unspecified atom stereocenters. The van der Waals surface area contributed by atoms with Gasteiger partial charge in [0, 0.05) is 19.5 Å². The number of benzene rings is 2. The summed E-state index contributed by atoms with van der Waals surface area (Å²) >= 11 is 1.64. The highest BCUT2D eigenvalue weighted by Crippen LogP contribution is 2.36. The topological polar surface area (TPSA) is 52.7 Å². The standard InChI is InChI=1S/C21H16N4OS/c1-24-16-10-6-5-9-15(16)22-20(24)18-12-11-17(27-18)19-13-7-3-4-8-14(13)21(26)25(2)23-19/h3-12H,1-2H3. The van der Waals surface area contributed by atoms with Crippen LogP contribution >= 0.6 is 11.3 Å². The van der Waals surface area contributed by atoms with Crippen LogP contribution in [0.15, 0.2) is 65.5 Å². The molecule has 5 nitrogen and oxygen atoms in total. The van der Waals surface area contributed by atoms with Crippen molar-refractivity contribution in [1.82, 2.24) is 19.3 Å². The number of hydrogen-bond donors (Lipinski definition) is 0. The maximum atomic E-state index is 12.4. The van der Waals surface area contributed by atoms with Gasteiger partial charge in [0.1, 0.15) is 5.69 Å². The zero-order valence-corrected chi connectivity index (χ0v) is 15.7. The molecule has 0 aliphatic heterocycles. The summed E-state index contributed by atoms with van der Waals surface area (Å²) in [5.74, 6) is 0.932. The molecule has 27 heavy (non-hydrogen) atoms. The Bertz CT molecular complexity index is 1380. The van der Waals surface area contributed by atoms with E-state index in [1.54, 1.807) is 18.4 Å². The molecule has 0 aliphatic carbocycles. The van der Waals surface area contributed by atoms with Crippen molar-refractivity contribution in [3.63, 3.8) is 0 Å². The second-order valence-electron chi connectivity index (χ2n) is 6.47. The predicted octanol–water partition coefficient (Wildman–Crippen LogP) is 4.22. The highest BCUT2D eigenvalue weighted by molar-refractivity contribution is 7.18. The van der Waals surface area contributed by atoms with Crippen LogP contribution in [-0.4, -0.2) is 19.3 Å². The van der Waals surface area contributed by atoms with E-state index in [1.165, 1.54) is 4.68 Å². The summed E-state index contributed by atoms with van der Waals surface area (Å²) in [4.78, 5) is 19.2. The summed E-state index contributed by atoms with van der Waals surface area (Å²) in [6, 6.07) is 19.9. The summed E-state index contributed by atoms with van der Waals surface area (Å²) in [7, 11) is 3.72. The van der Waals surface area contributed by atoms with Crippen LogP contribution in [0.2, 0.25) is 0 Å². The van der Waals surface area contributed by atoms with E-state index in [-0.39, 0.29) is 5.56 Å². The molecule has 0 atom stereocenters. The monoisotopic (exact) mass is 372 g/mol. The quantitative estimate of drug-likeness (QED) is 0.466. The maximum absolute atomic E-state index is 12.4. The average molecular weight is 372 g/mol. The molecule has 0 amide bonds. The van der Waals surface area contributed by atoms with Crippen molar-refractivity contribution in [2.45, 2.75) is 0 Å². The zero-order valence-electron chi connectivity index (χ0n) is 14.9. The van der Waals surface area contributed by atoms with Gasteiger partial charge in [-0.1, -0.05) is 30.3 Å². The molecule has 132 valence electrons. The minimum Gasteiger partial charge on any atom is -0.326 e. The molecule has 0 saturated heterocycles. The van der Waals surface area contributed by atoms with Crippen molar-refractivity contribution in [3.8, 4) is 21.3 Å². The average Bonchev–Trinajstić information content (AvgIpc) is 3.30. The number of imidazole rings is 1. The van der Waals surface area contributed by atoms with E-state index in [1.807, 2.05) is 49.5 Å². The molecule has 3 heterocycles. The van der Waals surface area contributed by atoms with Crippen molar-refractivity contribution < 1.29 is 0 Å². The number of hydrogen-bond acceptors (Lipinski definition) is 4. The van der Waals surface area contributed by atoms with Crippen LogP contribution < -0.4 is 5.56 Å². The Morgan fingerprint density at radius 1 is 0.852 bits per heavy atom. The summed E-state index contributed by atoms with van der Waals surface area (Å²) in [5, 5.41) is 6.09. The molecule has 5 aromatic rings. The fourth-order valence-corrected chi connectivity index (χ4v) is 4.46. The predicted molar refractivity (Wildman–Crippen MR) is 110 cm³/mol. The molecule has 0 radical (unpaired) electrons. The molecule has 0 bridgehead atoms. The molecule has 6 heteroatoms. The van der Waals surface area contributed by atoms with Gasteiger partial charge in [-0.25, -0.2) is 9.67 Å². The first kappa shape index (κ1) is 16.0. The van der Waals surface area contributed by atoms with Gasteiger partial charge >= 0.3 is 0 Å². The highest BCUT2D eigenvalue weighted by atomic mass is 32.1. The van der Waals surface area contributed by atoms with Crippen molar-refractivity contribution in [1.29, 1.82) is 0 Å². The van der Waals surface area contributed by atoms with Gasteiger partial charge in [0.25, 0.3) is 5.56 Å². The minimum atomic E-state index is -0.0820. The Labute approximate surface area is 159 Å². The van der Waals surface area contributed by atoms with Crippen molar-refractivity contribution in [2.24, 2.45) is 14.1 Å².